The fourth-order valence-corrected chi connectivity index (χ4v) is 2.40. The lowest BCUT2D eigenvalue weighted by Gasteiger charge is -2.12. The van der Waals surface area contributed by atoms with Gasteiger partial charge in [-0.05, 0) is 37.1 Å². The van der Waals surface area contributed by atoms with Gasteiger partial charge in [0.2, 0.25) is 0 Å². The first-order valence-electron chi connectivity index (χ1n) is 7.99. The molecule has 6 heteroatoms. The van der Waals surface area contributed by atoms with E-state index >= 15 is 0 Å². The molecule has 0 aromatic heterocycles. The van der Waals surface area contributed by atoms with Crippen molar-refractivity contribution in [1.82, 2.24) is 5.32 Å². The molecule has 2 aromatic rings. The number of nitrogens with one attached hydrogen (secondary N) is 2. The molecule has 0 unspecified atom stereocenters. The minimum absolute atomic E-state index is 0.320. The van der Waals surface area contributed by atoms with Gasteiger partial charge in [0.15, 0.2) is 0 Å². The van der Waals surface area contributed by atoms with Crippen LogP contribution in [0, 0.1) is 13.8 Å². The molecule has 2 aromatic carbocycles. The lowest BCUT2D eigenvalue weighted by Crippen LogP contribution is -2.32. The van der Waals surface area contributed by atoms with Gasteiger partial charge in [0.05, 0.1) is 20.8 Å². The molecule has 6 nitrogen and oxygen atoms in total. The van der Waals surface area contributed by atoms with E-state index in [1.54, 1.807) is 32.4 Å². The van der Waals surface area contributed by atoms with Crippen molar-refractivity contribution in [2.24, 2.45) is 0 Å². The maximum atomic E-state index is 12.0. The van der Waals surface area contributed by atoms with Gasteiger partial charge < -0.3 is 24.8 Å². The molecule has 0 heterocycles. The number of amides is 2. The van der Waals surface area contributed by atoms with Crippen LogP contribution in [-0.4, -0.2) is 33.4 Å². The quantitative estimate of drug-likeness (QED) is 0.754. The maximum absolute atomic E-state index is 12.0. The summed E-state index contributed by atoms with van der Waals surface area (Å²) in [7, 11) is 3.12. The summed E-state index contributed by atoms with van der Waals surface area (Å²) in [5, 5.41) is 5.49. The third-order valence-corrected chi connectivity index (χ3v) is 3.46. The zero-order valence-corrected chi connectivity index (χ0v) is 15.0. The summed E-state index contributed by atoms with van der Waals surface area (Å²) in [5.41, 5.74) is 2.88. The Morgan fingerprint density at radius 3 is 2.04 bits per heavy atom. The third kappa shape index (κ3) is 5.91. The molecular formula is C19H24N2O4. The van der Waals surface area contributed by atoms with Crippen LogP contribution >= 0.6 is 0 Å². The Bertz CT molecular complexity index is 689. The predicted molar refractivity (Wildman–Crippen MR) is 98.0 cm³/mol. The average Bonchev–Trinajstić information content (AvgIpc) is 2.57. The van der Waals surface area contributed by atoms with Gasteiger partial charge in [0.1, 0.15) is 23.9 Å². The molecule has 0 saturated heterocycles. The second-order valence-electron chi connectivity index (χ2n) is 5.65. The number of aryl methyl sites for hydroxylation is 2. The van der Waals surface area contributed by atoms with E-state index < -0.39 is 0 Å². The number of ether oxygens (including phenoxy) is 3. The van der Waals surface area contributed by atoms with Crippen LogP contribution in [0.4, 0.5) is 10.5 Å². The Morgan fingerprint density at radius 2 is 1.48 bits per heavy atom. The van der Waals surface area contributed by atoms with E-state index in [0.29, 0.717) is 30.3 Å². The Kier molecular flexibility index (Phi) is 6.51. The normalized spacial score (nSPS) is 10.1. The number of methoxy groups -OCH3 is 2. The highest BCUT2D eigenvalue weighted by Crippen LogP contribution is 2.25. The molecule has 0 aliphatic rings. The Morgan fingerprint density at radius 1 is 0.880 bits per heavy atom. The largest absolute Gasteiger partial charge is 0.497 e. The van der Waals surface area contributed by atoms with Crippen LogP contribution in [0.2, 0.25) is 0 Å². The summed E-state index contributed by atoms with van der Waals surface area (Å²) in [5.74, 6) is 2.01. The maximum Gasteiger partial charge on any atom is 0.319 e. The molecule has 0 spiro atoms. The minimum atomic E-state index is -0.320. The second kappa shape index (κ2) is 8.82. The summed E-state index contributed by atoms with van der Waals surface area (Å²) in [4.78, 5) is 12.0. The van der Waals surface area contributed by atoms with Crippen molar-refractivity contribution in [3.05, 3.63) is 47.5 Å². The van der Waals surface area contributed by atoms with E-state index in [9.17, 15) is 4.79 Å². The van der Waals surface area contributed by atoms with Crippen LogP contribution in [-0.2, 0) is 0 Å². The number of hydrogen-bond acceptors (Lipinski definition) is 4. The van der Waals surface area contributed by atoms with Gasteiger partial charge in [-0.2, -0.15) is 0 Å². The van der Waals surface area contributed by atoms with E-state index in [1.807, 2.05) is 26.0 Å². The summed E-state index contributed by atoms with van der Waals surface area (Å²) in [6.07, 6.45) is 0. The molecule has 25 heavy (non-hydrogen) atoms. The average molecular weight is 344 g/mol. The lowest BCUT2D eigenvalue weighted by molar-refractivity contribution is 0.247. The zero-order chi connectivity index (χ0) is 18.2. The number of carbonyl (C=O) groups is 1. The van der Waals surface area contributed by atoms with Crippen molar-refractivity contribution < 1.29 is 19.0 Å². The van der Waals surface area contributed by atoms with Gasteiger partial charge in [-0.15, -0.1) is 0 Å². The second-order valence-corrected chi connectivity index (χ2v) is 5.65. The standard InChI is InChI=1S/C19H24N2O4/c1-13-7-14(2)9-18(8-13)25-6-5-20-19(22)21-15-10-16(23-3)12-17(11-15)24-4/h7-12H,5-6H2,1-4H3,(H2,20,21,22). The summed E-state index contributed by atoms with van der Waals surface area (Å²) in [6.45, 7) is 4.82. The van der Waals surface area contributed by atoms with E-state index in [1.165, 1.54) is 0 Å². The highest BCUT2D eigenvalue weighted by atomic mass is 16.5. The van der Waals surface area contributed by atoms with E-state index in [-0.39, 0.29) is 6.03 Å². The molecule has 0 bridgehead atoms. The van der Waals surface area contributed by atoms with E-state index in [4.69, 9.17) is 14.2 Å². The molecule has 0 fully saturated rings. The van der Waals surface area contributed by atoms with Crippen LogP contribution in [0.1, 0.15) is 11.1 Å². The Balaban J connectivity index is 1.81. The number of hydrogen-bond donors (Lipinski definition) is 2. The van der Waals surface area contributed by atoms with Gasteiger partial charge in [-0.25, -0.2) is 4.79 Å². The van der Waals surface area contributed by atoms with Crippen LogP contribution < -0.4 is 24.8 Å². The van der Waals surface area contributed by atoms with Crippen molar-refractivity contribution in [2.75, 3.05) is 32.7 Å². The number of rotatable bonds is 7. The first-order valence-corrected chi connectivity index (χ1v) is 7.99. The van der Waals surface area contributed by atoms with Crippen LogP contribution in [0.25, 0.3) is 0 Å². The van der Waals surface area contributed by atoms with Gasteiger partial charge in [-0.1, -0.05) is 6.07 Å². The van der Waals surface area contributed by atoms with Crippen LogP contribution in [0.15, 0.2) is 36.4 Å². The van der Waals surface area contributed by atoms with Crippen molar-refractivity contribution in [3.63, 3.8) is 0 Å². The smallest absolute Gasteiger partial charge is 0.319 e. The fraction of sp³-hybridized carbons (Fsp3) is 0.316. The van der Waals surface area contributed by atoms with Crippen LogP contribution in [0.3, 0.4) is 0 Å². The summed E-state index contributed by atoms with van der Waals surface area (Å²) in [6, 6.07) is 10.9. The number of carbonyl (C=O) groups excluding carboxylic acids is 1. The molecule has 2 rings (SSSR count). The van der Waals surface area contributed by atoms with Gasteiger partial charge in [0, 0.05) is 23.9 Å². The zero-order valence-electron chi connectivity index (χ0n) is 15.0. The molecule has 0 atom stereocenters. The SMILES string of the molecule is COc1cc(NC(=O)NCCOc2cc(C)cc(C)c2)cc(OC)c1. The predicted octanol–water partition coefficient (Wildman–Crippen LogP) is 3.52. The molecule has 134 valence electrons. The number of benzene rings is 2. The Labute approximate surface area is 148 Å². The van der Waals surface area contributed by atoms with E-state index in [0.717, 1.165) is 16.9 Å². The van der Waals surface area contributed by atoms with Crippen LogP contribution in [0.5, 0.6) is 17.2 Å². The molecule has 0 saturated carbocycles. The molecule has 0 aliphatic heterocycles. The first kappa shape index (κ1) is 18.4. The van der Waals surface area contributed by atoms with Crippen molar-refractivity contribution >= 4 is 11.7 Å². The van der Waals surface area contributed by atoms with Gasteiger partial charge in [0.25, 0.3) is 0 Å². The summed E-state index contributed by atoms with van der Waals surface area (Å²) < 4.78 is 16.0. The van der Waals surface area contributed by atoms with Gasteiger partial charge >= 0.3 is 6.03 Å². The molecule has 2 N–H and O–H groups in total. The third-order valence-electron chi connectivity index (χ3n) is 3.46. The minimum Gasteiger partial charge on any atom is -0.497 e. The van der Waals surface area contributed by atoms with Gasteiger partial charge in [-0.3, -0.25) is 0 Å². The highest BCUT2D eigenvalue weighted by Gasteiger charge is 2.06. The molecule has 0 radical (unpaired) electrons. The number of urea groups is 1. The molecule has 0 aliphatic carbocycles. The van der Waals surface area contributed by atoms with E-state index in [2.05, 4.69) is 16.7 Å². The summed E-state index contributed by atoms with van der Waals surface area (Å²) >= 11 is 0. The van der Waals surface area contributed by atoms with Crippen molar-refractivity contribution in [1.29, 1.82) is 0 Å². The monoisotopic (exact) mass is 344 g/mol. The first-order chi connectivity index (χ1) is 12.0. The topological polar surface area (TPSA) is 68.8 Å². The molecular weight excluding hydrogens is 320 g/mol. The highest BCUT2D eigenvalue weighted by molar-refractivity contribution is 5.89. The lowest BCUT2D eigenvalue weighted by atomic mass is 10.1. The fourth-order valence-electron chi connectivity index (χ4n) is 2.40. The Hall–Kier alpha value is -2.89. The molecule has 2 amide bonds. The number of anilines is 1. The van der Waals surface area contributed by atoms with Crippen molar-refractivity contribution in [3.8, 4) is 17.2 Å². The van der Waals surface area contributed by atoms with Crippen molar-refractivity contribution in [2.45, 2.75) is 13.8 Å².